The summed E-state index contributed by atoms with van der Waals surface area (Å²) in [4.78, 5) is 0. The quantitative estimate of drug-likeness (QED) is 0.413. The van der Waals surface area contributed by atoms with Crippen LogP contribution < -0.4 is 0 Å². The maximum Gasteiger partial charge on any atom is 0.114 e. The van der Waals surface area contributed by atoms with Crippen molar-refractivity contribution in [3.8, 4) is 0 Å². The molecule has 1 saturated heterocycles. The minimum Gasteiger partial charge on any atom is -0.394 e. The summed E-state index contributed by atoms with van der Waals surface area (Å²) in [5.74, 6) is 0. The Morgan fingerprint density at radius 3 is 2.80 bits per heavy atom. The fourth-order valence-electron chi connectivity index (χ4n) is 2.30. The maximum atomic E-state index is 9.75. The Hall–Kier alpha value is -0.460. The van der Waals surface area contributed by atoms with E-state index in [1.165, 1.54) is 0 Å². The molecule has 0 saturated carbocycles. The molecule has 3 N–H and O–H groups in total. The number of hydrogen-bond donors (Lipinski definition) is 3. The van der Waals surface area contributed by atoms with E-state index in [0.29, 0.717) is 6.61 Å². The Labute approximate surface area is 121 Å². The first-order valence-corrected chi connectivity index (χ1v) is 7.55. The van der Waals surface area contributed by atoms with Crippen molar-refractivity contribution < 1.29 is 24.8 Å². The second-order valence-electron chi connectivity index (χ2n) is 5.18. The van der Waals surface area contributed by atoms with Crippen LogP contribution in [0.2, 0.25) is 0 Å². The predicted molar refractivity (Wildman–Crippen MR) is 76.5 cm³/mol. The first kappa shape index (κ1) is 17.6. The zero-order valence-electron chi connectivity index (χ0n) is 12.3. The van der Waals surface area contributed by atoms with E-state index in [2.05, 4.69) is 19.1 Å². The number of allylic oxidation sites excluding steroid dienone is 2. The molecule has 1 rings (SSSR count). The highest BCUT2D eigenvalue weighted by Crippen LogP contribution is 2.21. The third-order valence-corrected chi connectivity index (χ3v) is 3.46. The molecule has 0 aromatic carbocycles. The lowest BCUT2D eigenvalue weighted by molar-refractivity contribution is -0.0937. The molecule has 1 fully saturated rings. The van der Waals surface area contributed by atoms with E-state index in [1.807, 2.05) is 0 Å². The Kier molecular flexibility index (Phi) is 9.05. The fourth-order valence-corrected chi connectivity index (χ4v) is 2.30. The zero-order chi connectivity index (χ0) is 14.8. The van der Waals surface area contributed by atoms with Crippen molar-refractivity contribution in [1.82, 2.24) is 0 Å². The molecule has 0 unspecified atom stereocenters. The number of hydrogen-bond acceptors (Lipinski definition) is 5. The second-order valence-corrected chi connectivity index (χ2v) is 5.18. The van der Waals surface area contributed by atoms with Crippen LogP contribution in [0.4, 0.5) is 0 Å². The van der Waals surface area contributed by atoms with Crippen LogP contribution in [0, 0.1) is 0 Å². The molecule has 0 aromatic rings. The van der Waals surface area contributed by atoms with Gasteiger partial charge in [0.05, 0.1) is 13.2 Å². The Bertz CT molecular complexity index is 269. The third-order valence-electron chi connectivity index (χ3n) is 3.46. The number of ether oxygens (including phenoxy) is 2. The number of aliphatic hydroxyl groups is 3. The predicted octanol–water partition coefficient (Wildman–Crippen LogP) is 1.01. The molecule has 4 atom stereocenters. The summed E-state index contributed by atoms with van der Waals surface area (Å²) < 4.78 is 10.9. The molecule has 20 heavy (non-hydrogen) atoms. The van der Waals surface area contributed by atoms with Gasteiger partial charge in [-0.05, 0) is 25.7 Å². The Morgan fingerprint density at radius 1 is 1.30 bits per heavy atom. The number of unbranched alkanes of at least 4 members (excludes halogenated alkanes) is 3. The molecule has 0 spiro atoms. The van der Waals surface area contributed by atoms with Gasteiger partial charge in [-0.3, -0.25) is 0 Å². The standard InChI is InChI=1S/C15H28O5/c1-2-3-4-5-6-7-8-9-19-15-13(18)11-20-14(15)12(17)10-16/h3-4,12-18H,2,5-11H2,1H3/b4-3+/t12-,13+,14-,15-/m1/s1. The highest BCUT2D eigenvalue weighted by atomic mass is 16.6. The van der Waals surface area contributed by atoms with Crippen molar-refractivity contribution in [3.05, 3.63) is 12.2 Å². The van der Waals surface area contributed by atoms with Gasteiger partial charge in [0, 0.05) is 6.61 Å². The summed E-state index contributed by atoms with van der Waals surface area (Å²) >= 11 is 0. The number of aliphatic hydroxyl groups excluding tert-OH is 3. The largest absolute Gasteiger partial charge is 0.394 e. The molecule has 0 amide bonds. The van der Waals surface area contributed by atoms with Crippen LogP contribution in [0.15, 0.2) is 12.2 Å². The highest BCUT2D eigenvalue weighted by molar-refractivity contribution is 4.89. The van der Waals surface area contributed by atoms with E-state index in [4.69, 9.17) is 14.6 Å². The smallest absolute Gasteiger partial charge is 0.114 e. The van der Waals surface area contributed by atoms with Crippen LogP contribution in [0.25, 0.3) is 0 Å². The fraction of sp³-hybridized carbons (Fsp3) is 0.867. The van der Waals surface area contributed by atoms with Crippen molar-refractivity contribution in [1.29, 1.82) is 0 Å². The second kappa shape index (κ2) is 10.3. The van der Waals surface area contributed by atoms with Gasteiger partial charge in [0.1, 0.15) is 24.4 Å². The molecule has 5 nitrogen and oxygen atoms in total. The van der Waals surface area contributed by atoms with Gasteiger partial charge >= 0.3 is 0 Å². The Balaban J connectivity index is 2.14. The molecule has 118 valence electrons. The van der Waals surface area contributed by atoms with Crippen LogP contribution in [0.5, 0.6) is 0 Å². The molecular formula is C15H28O5. The zero-order valence-corrected chi connectivity index (χ0v) is 12.3. The lowest BCUT2D eigenvalue weighted by atomic mass is 10.1. The van der Waals surface area contributed by atoms with Crippen molar-refractivity contribution in [2.75, 3.05) is 19.8 Å². The molecule has 1 aliphatic rings. The summed E-state index contributed by atoms with van der Waals surface area (Å²) in [6.07, 6.45) is 6.76. The molecule has 5 heteroatoms. The topological polar surface area (TPSA) is 79.2 Å². The van der Waals surface area contributed by atoms with Crippen LogP contribution in [-0.2, 0) is 9.47 Å². The summed E-state index contributed by atoms with van der Waals surface area (Å²) in [5.41, 5.74) is 0. The molecule has 0 aromatic heterocycles. The SMILES string of the molecule is CC/C=C/CCCCCO[C@H]1[C@@H]([C@H](O)CO)OC[C@@H]1O. The lowest BCUT2D eigenvalue weighted by Crippen LogP contribution is -2.42. The average molecular weight is 288 g/mol. The molecule has 0 bridgehead atoms. The van der Waals surface area contributed by atoms with Crippen LogP contribution in [-0.4, -0.2) is 59.6 Å². The highest BCUT2D eigenvalue weighted by Gasteiger charge is 2.40. The molecule has 0 aliphatic carbocycles. The van der Waals surface area contributed by atoms with Crippen LogP contribution in [0.1, 0.15) is 39.0 Å². The monoisotopic (exact) mass is 288 g/mol. The van der Waals surface area contributed by atoms with Gasteiger partial charge in [0.25, 0.3) is 0 Å². The molecular weight excluding hydrogens is 260 g/mol. The minimum absolute atomic E-state index is 0.147. The first-order chi connectivity index (χ1) is 9.70. The van der Waals surface area contributed by atoms with Gasteiger partial charge in [-0.2, -0.15) is 0 Å². The average Bonchev–Trinajstić information content (AvgIpc) is 2.82. The maximum absolute atomic E-state index is 9.75. The lowest BCUT2D eigenvalue weighted by Gasteiger charge is -2.23. The van der Waals surface area contributed by atoms with E-state index in [0.717, 1.165) is 32.1 Å². The van der Waals surface area contributed by atoms with Crippen molar-refractivity contribution in [2.45, 2.75) is 63.4 Å². The van der Waals surface area contributed by atoms with Gasteiger partial charge in [-0.15, -0.1) is 0 Å². The van der Waals surface area contributed by atoms with Gasteiger partial charge in [-0.25, -0.2) is 0 Å². The van der Waals surface area contributed by atoms with Crippen molar-refractivity contribution in [3.63, 3.8) is 0 Å². The van der Waals surface area contributed by atoms with Crippen LogP contribution >= 0.6 is 0 Å². The first-order valence-electron chi connectivity index (χ1n) is 7.55. The van der Waals surface area contributed by atoms with E-state index in [-0.39, 0.29) is 13.2 Å². The normalized spacial score (nSPS) is 28.3. The molecule has 0 radical (unpaired) electrons. The number of rotatable bonds is 10. The summed E-state index contributed by atoms with van der Waals surface area (Å²) in [7, 11) is 0. The van der Waals surface area contributed by atoms with Gasteiger partial charge < -0.3 is 24.8 Å². The van der Waals surface area contributed by atoms with E-state index < -0.39 is 24.4 Å². The van der Waals surface area contributed by atoms with E-state index in [1.54, 1.807) is 0 Å². The van der Waals surface area contributed by atoms with Gasteiger partial charge in [0.2, 0.25) is 0 Å². The van der Waals surface area contributed by atoms with Crippen molar-refractivity contribution >= 4 is 0 Å². The Morgan fingerprint density at radius 2 is 2.10 bits per heavy atom. The minimum atomic E-state index is -1.00. The van der Waals surface area contributed by atoms with E-state index >= 15 is 0 Å². The van der Waals surface area contributed by atoms with Gasteiger partial charge in [-0.1, -0.05) is 25.5 Å². The molecule has 1 aliphatic heterocycles. The third kappa shape index (κ3) is 5.89. The van der Waals surface area contributed by atoms with Crippen molar-refractivity contribution in [2.24, 2.45) is 0 Å². The van der Waals surface area contributed by atoms with Gasteiger partial charge in [0.15, 0.2) is 0 Å². The van der Waals surface area contributed by atoms with E-state index in [9.17, 15) is 10.2 Å². The van der Waals surface area contributed by atoms with Crippen LogP contribution in [0.3, 0.4) is 0 Å². The summed E-state index contributed by atoms with van der Waals surface area (Å²) in [6.45, 7) is 2.42. The summed E-state index contributed by atoms with van der Waals surface area (Å²) in [6, 6.07) is 0. The molecule has 1 heterocycles. The summed E-state index contributed by atoms with van der Waals surface area (Å²) in [5, 5.41) is 28.3.